The Balaban J connectivity index is 1.57. The summed E-state index contributed by atoms with van der Waals surface area (Å²) in [6.45, 7) is 1.99. The first-order valence-corrected chi connectivity index (χ1v) is 8.11. The zero-order valence-electron chi connectivity index (χ0n) is 13.7. The normalized spacial score (nSPS) is 24.2. The molecule has 1 aromatic heterocycles. The Labute approximate surface area is 144 Å². The van der Waals surface area contributed by atoms with Crippen LogP contribution in [0.15, 0.2) is 36.7 Å². The number of carbonyl (C=O) groups is 2. The number of hydrogen-bond acceptors (Lipinski definition) is 4. The van der Waals surface area contributed by atoms with Crippen LogP contribution in [0.25, 0.3) is 0 Å². The SMILES string of the molecule is Cc1ccc2c(c1)[C@@]1(C[C@H]1F)CN(CC(=O)Nc1ncccn1)C2=O. The highest BCUT2D eigenvalue weighted by Crippen LogP contribution is 2.54. The van der Waals surface area contributed by atoms with E-state index in [4.69, 9.17) is 0 Å². The van der Waals surface area contributed by atoms with Gasteiger partial charge in [-0.1, -0.05) is 17.7 Å². The van der Waals surface area contributed by atoms with E-state index in [0.29, 0.717) is 12.0 Å². The highest BCUT2D eigenvalue weighted by Gasteiger charge is 2.61. The number of halogens is 1. The molecule has 2 atom stereocenters. The molecule has 1 saturated carbocycles. The highest BCUT2D eigenvalue weighted by molar-refractivity contribution is 6.01. The third-order valence-corrected chi connectivity index (χ3v) is 4.84. The van der Waals surface area contributed by atoms with Gasteiger partial charge in [0.05, 0.1) is 0 Å². The van der Waals surface area contributed by atoms with Gasteiger partial charge in [0.2, 0.25) is 11.9 Å². The molecule has 4 rings (SSSR count). The summed E-state index contributed by atoms with van der Waals surface area (Å²) in [5.74, 6) is -0.470. The summed E-state index contributed by atoms with van der Waals surface area (Å²) in [4.78, 5) is 34.2. The van der Waals surface area contributed by atoms with Crippen LogP contribution in [-0.2, 0) is 10.2 Å². The predicted molar refractivity (Wildman–Crippen MR) is 88.9 cm³/mol. The molecular weight excluding hydrogens is 323 g/mol. The number of nitrogens with one attached hydrogen (secondary N) is 1. The van der Waals surface area contributed by atoms with Gasteiger partial charge in [0.25, 0.3) is 5.91 Å². The smallest absolute Gasteiger partial charge is 0.254 e. The van der Waals surface area contributed by atoms with Crippen LogP contribution >= 0.6 is 0 Å². The molecule has 25 heavy (non-hydrogen) atoms. The lowest BCUT2D eigenvalue weighted by Crippen LogP contribution is -2.47. The Hall–Kier alpha value is -2.83. The molecular formula is C18H17FN4O2. The predicted octanol–water partition coefficient (Wildman–Crippen LogP) is 1.86. The molecule has 0 unspecified atom stereocenters. The van der Waals surface area contributed by atoms with Crippen LogP contribution in [-0.4, -0.2) is 45.9 Å². The van der Waals surface area contributed by atoms with Crippen LogP contribution in [0.4, 0.5) is 10.3 Å². The number of anilines is 1. The van der Waals surface area contributed by atoms with E-state index >= 15 is 0 Å². The third-order valence-electron chi connectivity index (χ3n) is 4.84. The second-order valence-corrected chi connectivity index (χ2v) is 6.66. The molecule has 1 aliphatic carbocycles. The van der Waals surface area contributed by atoms with Gasteiger partial charge in [0.1, 0.15) is 12.7 Å². The summed E-state index contributed by atoms with van der Waals surface area (Å²) in [7, 11) is 0. The monoisotopic (exact) mass is 340 g/mol. The van der Waals surface area contributed by atoms with Crippen molar-refractivity contribution in [3.63, 3.8) is 0 Å². The first-order chi connectivity index (χ1) is 12.0. The number of fused-ring (bicyclic) bond motifs is 2. The van der Waals surface area contributed by atoms with Gasteiger partial charge in [-0.2, -0.15) is 0 Å². The lowest BCUT2D eigenvalue weighted by atomic mass is 9.85. The molecule has 2 aliphatic rings. The molecule has 7 heteroatoms. The number of aryl methyl sites for hydroxylation is 1. The summed E-state index contributed by atoms with van der Waals surface area (Å²) in [6, 6.07) is 7.09. The maximum atomic E-state index is 14.2. The van der Waals surface area contributed by atoms with Crippen LogP contribution in [0.2, 0.25) is 0 Å². The standard InChI is InChI=1S/C18H17FN4O2/c1-11-3-4-12-13(7-11)18(8-14(18)19)10-23(16(12)25)9-15(24)22-17-20-5-2-6-21-17/h2-7,14H,8-10H2,1H3,(H,20,21,22,24)/t14-,18-/m1/s1. The zero-order valence-corrected chi connectivity index (χ0v) is 13.7. The second kappa shape index (κ2) is 5.61. The van der Waals surface area contributed by atoms with Gasteiger partial charge in [-0.25, -0.2) is 14.4 Å². The molecule has 6 nitrogen and oxygen atoms in total. The van der Waals surface area contributed by atoms with Crippen molar-refractivity contribution < 1.29 is 14.0 Å². The van der Waals surface area contributed by atoms with Crippen LogP contribution in [0.1, 0.15) is 27.9 Å². The molecule has 128 valence electrons. The Morgan fingerprint density at radius 1 is 1.40 bits per heavy atom. The molecule has 2 aromatic rings. The number of aromatic nitrogens is 2. The number of nitrogens with zero attached hydrogens (tertiary/aromatic N) is 3. The van der Waals surface area contributed by atoms with Crippen LogP contribution in [0, 0.1) is 6.92 Å². The fourth-order valence-electron chi connectivity index (χ4n) is 3.46. The van der Waals surface area contributed by atoms with E-state index in [1.54, 1.807) is 12.1 Å². The Morgan fingerprint density at radius 3 is 2.80 bits per heavy atom. The maximum absolute atomic E-state index is 14.2. The van der Waals surface area contributed by atoms with Crippen molar-refractivity contribution in [3.8, 4) is 0 Å². The summed E-state index contributed by atoms with van der Waals surface area (Å²) < 4.78 is 14.2. The largest absolute Gasteiger partial charge is 0.328 e. The lowest BCUT2D eigenvalue weighted by molar-refractivity contribution is -0.117. The van der Waals surface area contributed by atoms with Crippen molar-refractivity contribution >= 4 is 17.8 Å². The summed E-state index contributed by atoms with van der Waals surface area (Å²) >= 11 is 0. The maximum Gasteiger partial charge on any atom is 0.254 e. The molecule has 2 heterocycles. The highest BCUT2D eigenvalue weighted by atomic mass is 19.1. The molecule has 0 radical (unpaired) electrons. The molecule has 1 fully saturated rings. The molecule has 1 spiro atoms. The Morgan fingerprint density at radius 2 is 2.12 bits per heavy atom. The lowest BCUT2D eigenvalue weighted by Gasteiger charge is -2.34. The second-order valence-electron chi connectivity index (χ2n) is 6.66. The van der Waals surface area contributed by atoms with Gasteiger partial charge in [-0.05, 0) is 31.0 Å². The number of benzene rings is 1. The van der Waals surface area contributed by atoms with Crippen LogP contribution in [0.3, 0.4) is 0 Å². The van der Waals surface area contributed by atoms with Crippen molar-refractivity contribution in [2.75, 3.05) is 18.4 Å². The third kappa shape index (κ3) is 2.65. The van der Waals surface area contributed by atoms with Crippen molar-refractivity contribution in [1.82, 2.24) is 14.9 Å². The van der Waals surface area contributed by atoms with Crippen molar-refractivity contribution in [2.24, 2.45) is 0 Å². The van der Waals surface area contributed by atoms with Crippen molar-refractivity contribution in [2.45, 2.75) is 24.9 Å². The molecule has 1 N–H and O–H groups in total. The fraction of sp³-hybridized carbons (Fsp3) is 0.333. The quantitative estimate of drug-likeness (QED) is 0.925. The average molecular weight is 340 g/mol. The van der Waals surface area contributed by atoms with E-state index in [-0.39, 0.29) is 24.9 Å². The first kappa shape index (κ1) is 15.7. The summed E-state index contributed by atoms with van der Waals surface area (Å²) in [5, 5.41) is 2.55. The molecule has 1 aliphatic heterocycles. The Bertz CT molecular complexity index is 857. The average Bonchev–Trinajstić information content (AvgIpc) is 3.23. The van der Waals surface area contributed by atoms with E-state index in [9.17, 15) is 14.0 Å². The zero-order chi connectivity index (χ0) is 17.6. The number of hydrogen-bond donors (Lipinski definition) is 1. The molecule has 1 aromatic carbocycles. The fourth-order valence-corrected chi connectivity index (χ4v) is 3.46. The van der Waals surface area contributed by atoms with Gasteiger partial charge < -0.3 is 4.90 Å². The molecule has 0 saturated heterocycles. The van der Waals surface area contributed by atoms with Gasteiger partial charge in [-0.15, -0.1) is 0 Å². The van der Waals surface area contributed by atoms with Gasteiger partial charge in [-0.3, -0.25) is 14.9 Å². The number of rotatable bonds is 3. The minimum absolute atomic E-state index is 0.154. The van der Waals surface area contributed by atoms with E-state index < -0.39 is 17.5 Å². The number of alkyl halides is 1. The van der Waals surface area contributed by atoms with Gasteiger partial charge in [0.15, 0.2) is 0 Å². The minimum atomic E-state index is -0.982. The van der Waals surface area contributed by atoms with Crippen LogP contribution in [0.5, 0.6) is 0 Å². The van der Waals surface area contributed by atoms with E-state index in [2.05, 4.69) is 15.3 Å². The number of amides is 2. The Kier molecular flexibility index (Phi) is 3.52. The van der Waals surface area contributed by atoms with E-state index in [0.717, 1.165) is 11.1 Å². The van der Waals surface area contributed by atoms with Crippen LogP contribution < -0.4 is 5.32 Å². The first-order valence-electron chi connectivity index (χ1n) is 8.11. The minimum Gasteiger partial charge on any atom is -0.328 e. The number of carbonyl (C=O) groups excluding carboxylic acids is 2. The summed E-state index contributed by atoms with van der Waals surface area (Å²) in [5.41, 5.74) is 1.59. The molecule has 0 bridgehead atoms. The van der Waals surface area contributed by atoms with Crippen molar-refractivity contribution in [1.29, 1.82) is 0 Å². The van der Waals surface area contributed by atoms with E-state index in [1.807, 2.05) is 19.1 Å². The van der Waals surface area contributed by atoms with Gasteiger partial charge >= 0.3 is 0 Å². The summed E-state index contributed by atoms with van der Waals surface area (Å²) in [6.07, 6.45) is 2.43. The van der Waals surface area contributed by atoms with E-state index in [1.165, 1.54) is 17.3 Å². The van der Waals surface area contributed by atoms with Gasteiger partial charge in [0, 0.05) is 29.9 Å². The van der Waals surface area contributed by atoms with Crippen molar-refractivity contribution in [3.05, 3.63) is 53.3 Å². The molecule has 2 amide bonds. The topological polar surface area (TPSA) is 75.2 Å².